The van der Waals surface area contributed by atoms with Gasteiger partial charge in [-0.05, 0) is 24.6 Å². The van der Waals surface area contributed by atoms with E-state index in [1.54, 1.807) is 0 Å². The van der Waals surface area contributed by atoms with Crippen LogP contribution in [0.25, 0.3) is 0 Å². The first kappa shape index (κ1) is 14.4. The SMILES string of the molecule is CC(=O)C(Br)c1ccc(OC(F)(F)F)cc1S. The summed E-state index contributed by atoms with van der Waals surface area (Å²) in [5.74, 6) is -0.528. The van der Waals surface area contributed by atoms with Gasteiger partial charge < -0.3 is 4.74 Å². The number of hydrogen-bond acceptors (Lipinski definition) is 3. The molecule has 0 aliphatic heterocycles. The lowest BCUT2D eigenvalue weighted by atomic mass is 10.1. The van der Waals surface area contributed by atoms with E-state index < -0.39 is 11.2 Å². The third-order valence-electron chi connectivity index (χ3n) is 1.87. The van der Waals surface area contributed by atoms with E-state index in [4.69, 9.17) is 0 Å². The minimum absolute atomic E-state index is 0.162. The molecule has 0 aromatic heterocycles. The van der Waals surface area contributed by atoms with Gasteiger partial charge in [0.05, 0.1) is 4.83 Å². The minimum Gasteiger partial charge on any atom is -0.406 e. The van der Waals surface area contributed by atoms with E-state index in [1.807, 2.05) is 0 Å². The largest absolute Gasteiger partial charge is 0.573 e. The van der Waals surface area contributed by atoms with Crippen LogP contribution in [0.5, 0.6) is 5.75 Å². The Balaban J connectivity index is 2.98. The highest BCUT2D eigenvalue weighted by Crippen LogP contribution is 2.33. The molecule has 0 N–H and O–H groups in total. The number of benzene rings is 1. The monoisotopic (exact) mass is 328 g/mol. The molecule has 0 heterocycles. The van der Waals surface area contributed by atoms with Gasteiger partial charge in [-0.3, -0.25) is 4.79 Å². The third-order valence-corrected chi connectivity index (χ3v) is 3.39. The number of alkyl halides is 4. The molecule has 0 radical (unpaired) electrons. The van der Waals surface area contributed by atoms with Gasteiger partial charge in [-0.2, -0.15) is 0 Å². The van der Waals surface area contributed by atoms with Crippen molar-refractivity contribution in [3.63, 3.8) is 0 Å². The zero-order chi connectivity index (χ0) is 13.2. The first-order chi connectivity index (χ1) is 7.70. The molecule has 0 saturated carbocycles. The van der Waals surface area contributed by atoms with Gasteiger partial charge >= 0.3 is 6.36 Å². The molecule has 1 rings (SSSR count). The summed E-state index contributed by atoms with van der Waals surface area (Å²) in [7, 11) is 0. The number of halogens is 4. The number of carbonyl (C=O) groups excluding carboxylic acids is 1. The van der Waals surface area contributed by atoms with Gasteiger partial charge in [-0.1, -0.05) is 22.0 Å². The lowest BCUT2D eigenvalue weighted by Gasteiger charge is -2.13. The van der Waals surface area contributed by atoms with Crippen LogP contribution in [0.3, 0.4) is 0 Å². The van der Waals surface area contributed by atoms with E-state index in [1.165, 1.54) is 13.0 Å². The summed E-state index contributed by atoms with van der Waals surface area (Å²) in [5, 5.41) is 0. The predicted octanol–water partition coefficient (Wildman–Crippen LogP) is 3.90. The molecule has 7 heteroatoms. The lowest BCUT2D eigenvalue weighted by molar-refractivity contribution is -0.274. The summed E-state index contributed by atoms with van der Waals surface area (Å²) < 4.78 is 39.6. The predicted molar refractivity (Wildman–Crippen MR) is 62.7 cm³/mol. The van der Waals surface area contributed by atoms with Crippen LogP contribution in [0.4, 0.5) is 13.2 Å². The molecule has 0 bridgehead atoms. The molecule has 1 aromatic rings. The summed E-state index contributed by atoms with van der Waals surface area (Å²) in [5.41, 5.74) is 0.496. The van der Waals surface area contributed by atoms with E-state index in [0.717, 1.165) is 12.1 Å². The molecule has 1 atom stereocenters. The summed E-state index contributed by atoms with van der Waals surface area (Å²) in [6, 6.07) is 3.62. The van der Waals surface area contributed by atoms with Crippen LogP contribution in [-0.4, -0.2) is 12.1 Å². The maximum Gasteiger partial charge on any atom is 0.573 e. The Morgan fingerprint density at radius 1 is 1.47 bits per heavy atom. The third kappa shape index (κ3) is 4.23. The van der Waals surface area contributed by atoms with Crippen LogP contribution in [0, 0.1) is 0 Å². The number of rotatable bonds is 3. The highest BCUT2D eigenvalue weighted by molar-refractivity contribution is 9.09. The fourth-order valence-corrected chi connectivity index (χ4v) is 2.06. The summed E-state index contributed by atoms with van der Waals surface area (Å²) in [6.07, 6.45) is -4.74. The van der Waals surface area contributed by atoms with E-state index >= 15 is 0 Å². The van der Waals surface area contributed by atoms with Crippen molar-refractivity contribution in [2.45, 2.75) is 23.0 Å². The molecule has 0 aliphatic carbocycles. The molecular formula is C10H8BrF3O2S. The number of ketones is 1. The van der Waals surface area contributed by atoms with Gasteiger partial charge in [-0.25, -0.2) is 0 Å². The average molecular weight is 329 g/mol. The van der Waals surface area contributed by atoms with Gasteiger partial charge in [0, 0.05) is 4.90 Å². The summed E-state index contributed by atoms with van der Waals surface area (Å²) in [6.45, 7) is 1.37. The highest BCUT2D eigenvalue weighted by atomic mass is 79.9. The van der Waals surface area contributed by atoms with Crippen molar-refractivity contribution in [2.75, 3.05) is 0 Å². The molecule has 0 saturated heterocycles. The van der Waals surface area contributed by atoms with Crippen LogP contribution in [-0.2, 0) is 4.79 Å². The van der Waals surface area contributed by atoms with Crippen LogP contribution < -0.4 is 4.74 Å². The van der Waals surface area contributed by atoms with Gasteiger partial charge in [-0.15, -0.1) is 25.8 Å². The first-order valence-corrected chi connectivity index (χ1v) is 5.80. The quantitative estimate of drug-likeness (QED) is 0.672. The lowest BCUT2D eigenvalue weighted by Crippen LogP contribution is -2.17. The van der Waals surface area contributed by atoms with Gasteiger partial charge in [0.15, 0.2) is 0 Å². The Hall–Kier alpha value is -0.690. The second kappa shape index (κ2) is 5.30. The van der Waals surface area contributed by atoms with Crippen molar-refractivity contribution >= 4 is 34.3 Å². The summed E-state index contributed by atoms with van der Waals surface area (Å²) in [4.78, 5) is 10.8. The molecule has 0 fully saturated rings. The van der Waals surface area contributed by atoms with Crippen LogP contribution in [0.2, 0.25) is 0 Å². The van der Waals surface area contributed by atoms with Crippen LogP contribution >= 0.6 is 28.6 Å². The fourth-order valence-electron chi connectivity index (χ4n) is 1.15. The van der Waals surface area contributed by atoms with Crippen molar-refractivity contribution < 1.29 is 22.7 Å². The molecule has 94 valence electrons. The number of Topliss-reactive ketones (excluding diaryl/α,β-unsaturated/α-hetero) is 1. The maximum atomic E-state index is 11.9. The van der Waals surface area contributed by atoms with E-state index in [-0.39, 0.29) is 16.4 Å². The minimum atomic E-state index is -4.74. The van der Waals surface area contributed by atoms with Crippen molar-refractivity contribution in [3.05, 3.63) is 23.8 Å². The fraction of sp³-hybridized carbons (Fsp3) is 0.300. The van der Waals surface area contributed by atoms with Gasteiger partial charge in [0.2, 0.25) is 0 Å². The Morgan fingerprint density at radius 2 is 2.06 bits per heavy atom. The Labute approximate surface area is 110 Å². The second-order valence-corrected chi connectivity index (χ2v) is 4.64. The molecular weight excluding hydrogens is 321 g/mol. The Kier molecular flexibility index (Phi) is 4.48. The normalized spacial score (nSPS) is 13.3. The summed E-state index contributed by atoms with van der Waals surface area (Å²) >= 11 is 7.15. The van der Waals surface area contributed by atoms with E-state index in [2.05, 4.69) is 33.3 Å². The number of carbonyl (C=O) groups is 1. The highest BCUT2D eigenvalue weighted by Gasteiger charge is 2.31. The van der Waals surface area contributed by atoms with E-state index in [0.29, 0.717) is 5.56 Å². The Morgan fingerprint density at radius 3 is 2.47 bits per heavy atom. The zero-order valence-electron chi connectivity index (χ0n) is 8.58. The topological polar surface area (TPSA) is 26.3 Å². The molecule has 0 spiro atoms. The van der Waals surface area contributed by atoms with Gasteiger partial charge in [0.1, 0.15) is 11.5 Å². The molecule has 0 aliphatic rings. The van der Waals surface area contributed by atoms with Crippen LogP contribution in [0.1, 0.15) is 17.3 Å². The van der Waals surface area contributed by atoms with Crippen molar-refractivity contribution in [3.8, 4) is 5.75 Å². The van der Waals surface area contributed by atoms with Crippen molar-refractivity contribution in [2.24, 2.45) is 0 Å². The average Bonchev–Trinajstić information content (AvgIpc) is 2.14. The molecule has 0 amide bonds. The molecule has 1 unspecified atom stereocenters. The number of hydrogen-bond donors (Lipinski definition) is 1. The maximum absolute atomic E-state index is 11.9. The van der Waals surface area contributed by atoms with Crippen molar-refractivity contribution in [1.82, 2.24) is 0 Å². The second-order valence-electron chi connectivity index (χ2n) is 3.24. The van der Waals surface area contributed by atoms with Crippen LogP contribution in [0.15, 0.2) is 23.1 Å². The number of thiol groups is 1. The number of ether oxygens (including phenoxy) is 1. The molecule has 2 nitrogen and oxygen atoms in total. The Bertz CT molecular complexity index is 434. The standard InChI is InChI=1S/C10H8BrF3O2S/c1-5(15)9(11)7-3-2-6(4-8(7)17)16-10(12,13)14/h2-4,9,17H,1H3. The molecule has 1 aromatic carbocycles. The van der Waals surface area contributed by atoms with Crippen molar-refractivity contribution in [1.29, 1.82) is 0 Å². The zero-order valence-corrected chi connectivity index (χ0v) is 11.1. The van der Waals surface area contributed by atoms with E-state index in [9.17, 15) is 18.0 Å². The molecule has 17 heavy (non-hydrogen) atoms. The van der Waals surface area contributed by atoms with Gasteiger partial charge in [0.25, 0.3) is 0 Å². The first-order valence-electron chi connectivity index (χ1n) is 4.44. The smallest absolute Gasteiger partial charge is 0.406 e.